The van der Waals surface area contributed by atoms with Crippen LogP contribution in [0.2, 0.25) is 10.0 Å². The Bertz CT molecular complexity index is 1480. The van der Waals surface area contributed by atoms with Crippen molar-refractivity contribution in [3.8, 4) is 22.8 Å². The molecule has 2 heterocycles. The predicted molar refractivity (Wildman–Crippen MR) is 132 cm³/mol. The number of benzene rings is 3. The van der Waals surface area contributed by atoms with Crippen molar-refractivity contribution >= 4 is 52.1 Å². The van der Waals surface area contributed by atoms with Crippen LogP contribution in [0.4, 0.5) is 11.4 Å². The average molecular weight is 513 g/mol. The lowest BCUT2D eigenvalue weighted by Crippen LogP contribution is -2.11. The Morgan fingerprint density at radius 2 is 1.65 bits per heavy atom. The number of nitro benzene ring substituents is 1. The van der Waals surface area contributed by atoms with Crippen LogP contribution in [0.25, 0.3) is 11.3 Å². The number of nitrogens with zero attached hydrogens (tertiary/aromatic N) is 4. The molecule has 0 N–H and O–H groups in total. The summed E-state index contributed by atoms with van der Waals surface area (Å²) in [5.41, 5.74) is 2.41. The topological polar surface area (TPSA) is 91.2 Å². The van der Waals surface area contributed by atoms with Gasteiger partial charge in [-0.3, -0.25) is 10.1 Å². The normalized spacial score (nSPS) is 13.1. The van der Waals surface area contributed by atoms with Crippen LogP contribution in [0.15, 0.2) is 76.1 Å². The first-order chi connectivity index (χ1) is 16.5. The number of rotatable bonds is 5. The molecule has 0 spiro atoms. The standard InChI is InChI=1S/C23H14Cl2N4O4S/c24-16-3-1-14(2-4-16)20-12-34-23(27-18-7-5-17(25)6-8-18)28(20)26-11-15-9-21-22(33-13-32-21)10-19(15)29(30)31/h1-12H,13H2. The van der Waals surface area contributed by atoms with Crippen molar-refractivity contribution in [3.05, 3.63) is 96.6 Å². The summed E-state index contributed by atoms with van der Waals surface area (Å²) in [6, 6.07) is 17.2. The number of fused-ring (bicyclic) bond motifs is 1. The van der Waals surface area contributed by atoms with Gasteiger partial charge < -0.3 is 9.47 Å². The molecule has 0 amide bonds. The first-order valence-electron chi connectivity index (χ1n) is 9.87. The average Bonchev–Trinajstić information content (AvgIpc) is 3.45. The molecule has 4 aromatic rings. The molecule has 3 aromatic carbocycles. The minimum Gasteiger partial charge on any atom is -0.454 e. The number of aromatic nitrogens is 1. The van der Waals surface area contributed by atoms with Gasteiger partial charge in [0, 0.05) is 21.0 Å². The molecule has 0 saturated heterocycles. The molecule has 0 unspecified atom stereocenters. The van der Waals surface area contributed by atoms with E-state index < -0.39 is 4.92 Å². The zero-order chi connectivity index (χ0) is 23.7. The minimum atomic E-state index is -0.485. The van der Waals surface area contributed by atoms with E-state index in [4.69, 9.17) is 32.7 Å². The molecule has 0 atom stereocenters. The zero-order valence-electron chi connectivity index (χ0n) is 17.2. The van der Waals surface area contributed by atoms with Gasteiger partial charge in [-0.1, -0.05) is 35.3 Å². The second-order valence-electron chi connectivity index (χ2n) is 7.08. The molecule has 5 rings (SSSR count). The van der Waals surface area contributed by atoms with Gasteiger partial charge in [-0.25, -0.2) is 9.67 Å². The van der Waals surface area contributed by atoms with Gasteiger partial charge in [0.15, 0.2) is 11.5 Å². The third-order valence-corrected chi connectivity index (χ3v) is 6.23. The lowest BCUT2D eigenvalue weighted by Gasteiger charge is -2.05. The number of nitro groups is 1. The summed E-state index contributed by atoms with van der Waals surface area (Å²) in [7, 11) is 0. The maximum absolute atomic E-state index is 11.6. The van der Waals surface area contributed by atoms with Crippen LogP contribution in [0.5, 0.6) is 11.5 Å². The summed E-state index contributed by atoms with van der Waals surface area (Å²) in [5, 5.41) is 19.3. The highest BCUT2D eigenvalue weighted by atomic mass is 35.5. The molecule has 0 bridgehead atoms. The Balaban J connectivity index is 1.64. The smallest absolute Gasteiger partial charge is 0.282 e. The van der Waals surface area contributed by atoms with Crippen LogP contribution in [0.3, 0.4) is 0 Å². The quantitative estimate of drug-likeness (QED) is 0.179. The minimum absolute atomic E-state index is 0.0111. The maximum Gasteiger partial charge on any atom is 0.282 e. The molecule has 1 aliphatic rings. The van der Waals surface area contributed by atoms with Gasteiger partial charge in [0.05, 0.1) is 34.1 Å². The molecule has 0 aliphatic carbocycles. The van der Waals surface area contributed by atoms with Crippen molar-refractivity contribution in [2.45, 2.75) is 0 Å². The monoisotopic (exact) mass is 512 g/mol. The van der Waals surface area contributed by atoms with Crippen LogP contribution in [-0.2, 0) is 0 Å². The van der Waals surface area contributed by atoms with Crippen molar-refractivity contribution in [1.82, 2.24) is 4.68 Å². The van der Waals surface area contributed by atoms with E-state index in [0.29, 0.717) is 32.0 Å². The van der Waals surface area contributed by atoms with E-state index in [0.717, 1.165) is 11.3 Å². The van der Waals surface area contributed by atoms with E-state index in [1.54, 1.807) is 41.1 Å². The van der Waals surface area contributed by atoms with Crippen molar-refractivity contribution in [2.24, 2.45) is 10.1 Å². The summed E-state index contributed by atoms with van der Waals surface area (Å²) < 4.78 is 12.3. The van der Waals surface area contributed by atoms with Crippen LogP contribution < -0.4 is 14.3 Å². The van der Waals surface area contributed by atoms with Crippen LogP contribution >= 0.6 is 34.5 Å². The fourth-order valence-corrected chi connectivity index (χ4v) is 4.37. The Kier molecular flexibility index (Phi) is 6.06. The molecule has 34 heavy (non-hydrogen) atoms. The number of hydrogen-bond acceptors (Lipinski definition) is 7. The number of hydrogen-bond donors (Lipinski definition) is 0. The first kappa shape index (κ1) is 22.1. The molecule has 8 nitrogen and oxygen atoms in total. The molecule has 1 aromatic heterocycles. The molecular weight excluding hydrogens is 499 g/mol. The highest BCUT2D eigenvalue weighted by Crippen LogP contribution is 2.37. The van der Waals surface area contributed by atoms with E-state index >= 15 is 0 Å². The third-order valence-electron chi connectivity index (χ3n) is 4.91. The SMILES string of the molecule is O=[N+]([O-])c1cc2c(cc1C=Nn1c(-c3ccc(Cl)cc3)csc1=Nc1ccc(Cl)cc1)OCO2. The van der Waals surface area contributed by atoms with Gasteiger partial charge >= 0.3 is 0 Å². The summed E-state index contributed by atoms with van der Waals surface area (Å²) >= 11 is 13.4. The molecule has 0 fully saturated rings. The molecule has 1 aliphatic heterocycles. The fourth-order valence-electron chi connectivity index (χ4n) is 3.26. The highest BCUT2D eigenvalue weighted by molar-refractivity contribution is 7.07. The zero-order valence-corrected chi connectivity index (χ0v) is 19.5. The molecule has 0 radical (unpaired) electrons. The predicted octanol–water partition coefficient (Wildman–Crippen LogP) is 6.27. The third kappa shape index (κ3) is 4.54. The van der Waals surface area contributed by atoms with Gasteiger partial charge in [0.2, 0.25) is 11.6 Å². The number of thiazole rings is 1. The van der Waals surface area contributed by atoms with Gasteiger partial charge in [-0.05, 0) is 42.5 Å². The van der Waals surface area contributed by atoms with Crippen LogP contribution in [0, 0.1) is 10.1 Å². The second kappa shape index (κ2) is 9.30. The highest BCUT2D eigenvalue weighted by Gasteiger charge is 2.22. The van der Waals surface area contributed by atoms with Gasteiger partial charge in [0.1, 0.15) is 0 Å². The largest absolute Gasteiger partial charge is 0.454 e. The number of halogens is 2. The molecule has 11 heteroatoms. The van der Waals surface area contributed by atoms with Crippen molar-refractivity contribution in [2.75, 3.05) is 6.79 Å². The summed E-state index contributed by atoms with van der Waals surface area (Å²) in [6.07, 6.45) is 1.41. The van der Waals surface area contributed by atoms with E-state index in [2.05, 4.69) is 10.1 Å². The Labute approximate surface area is 207 Å². The first-order valence-corrected chi connectivity index (χ1v) is 11.5. The van der Waals surface area contributed by atoms with Gasteiger partial charge in [0.25, 0.3) is 5.69 Å². The number of ether oxygens (including phenoxy) is 2. The molecular formula is C23H14Cl2N4O4S. The van der Waals surface area contributed by atoms with E-state index in [1.165, 1.54) is 29.7 Å². The lowest BCUT2D eigenvalue weighted by molar-refractivity contribution is -0.385. The maximum atomic E-state index is 11.6. The van der Waals surface area contributed by atoms with E-state index in [9.17, 15) is 10.1 Å². The summed E-state index contributed by atoms with van der Waals surface area (Å²) in [4.78, 5) is 16.4. The Morgan fingerprint density at radius 1 is 1.00 bits per heavy atom. The van der Waals surface area contributed by atoms with Crippen molar-refractivity contribution in [1.29, 1.82) is 0 Å². The van der Waals surface area contributed by atoms with Crippen LogP contribution in [-0.4, -0.2) is 22.6 Å². The Morgan fingerprint density at radius 3 is 2.32 bits per heavy atom. The summed E-state index contributed by atoms with van der Waals surface area (Å²) in [6.45, 7) is 0.0111. The van der Waals surface area contributed by atoms with E-state index in [-0.39, 0.29) is 18.0 Å². The lowest BCUT2D eigenvalue weighted by atomic mass is 10.1. The molecule has 170 valence electrons. The second-order valence-corrected chi connectivity index (χ2v) is 8.79. The van der Waals surface area contributed by atoms with Crippen molar-refractivity contribution in [3.63, 3.8) is 0 Å². The van der Waals surface area contributed by atoms with Crippen molar-refractivity contribution < 1.29 is 14.4 Å². The molecule has 0 saturated carbocycles. The van der Waals surface area contributed by atoms with E-state index in [1.807, 2.05) is 17.5 Å². The van der Waals surface area contributed by atoms with Gasteiger partial charge in [-0.2, -0.15) is 5.10 Å². The van der Waals surface area contributed by atoms with Gasteiger partial charge in [-0.15, -0.1) is 11.3 Å². The summed E-state index contributed by atoms with van der Waals surface area (Å²) in [5.74, 6) is 0.749. The fraction of sp³-hybridized carbons (Fsp3) is 0.0435. The van der Waals surface area contributed by atoms with Crippen LogP contribution in [0.1, 0.15) is 5.56 Å². The Hall–Kier alpha value is -3.66.